The van der Waals surface area contributed by atoms with Crippen LogP contribution in [0.1, 0.15) is 25.3 Å². The molecule has 1 atom stereocenters. The molecule has 1 amide bonds. The van der Waals surface area contributed by atoms with Crippen molar-refractivity contribution < 1.29 is 4.79 Å². The third kappa shape index (κ3) is 5.89. The molecule has 0 saturated heterocycles. The molecule has 3 nitrogen and oxygen atoms in total. The first-order valence-electron chi connectivity index (χ1n) is 6.02. The van der Waals surface area contributed by atoms with E-state index >= 15 is 0 Å². The Morgan fingerprint density at radius 2 is 1.84 bits per heavy atom. The number of amides is 1. The van der Waals surface area contributed by atoms with Crippen molar-refractivity contribution in [1.29, 1.82) is 0 Å². The van der Waals surface area contributed by atoms with Gasteiger partial charge in [0.25, 0.3) is 0 Å². The van der Waals surface area contributed by atoms with E-state index in [0.717, 1.165) is 17.7 Å². The molecule has 1 aromatic rings. The van der Waals surface area contributed by atoms with Gasteiger partial charge in [0.15, 0.2) is 0 Å². The van der Waals surface area contributed by atoms with Crippen LogP contribution >= 0.6 is 34.8 Å². The summed E-state index contributed by atoms with van der Waals surface area (Å²) in [7, 11) is 0. The Morgan fingerprint density at radius 1 is 1.26 bits per heavy atom. The van der Waals surface area contributed by atoms with Crippen LogP contribution in [0.15, 0.2) is 24.3 Å². The summed E-state index contributed by atoms with van der Waals surface area (Å²) in [4.78, 5) is 11.6. The maximum atomic E-state index is 11.6. The Balaban J connectivity index is 2.75. The number of anilines is 1. The Labute approximate surface area is 128 Å². The van der Waals surface area contributed by atoms with Gasteiger partial charge in [0, 0.05) is 12.1 Å². The van der Waals surface area contributed by atoms with Crippen LogP contribution in [0.3, 0.4) is 0 Å². The number of carbonyl (C=O) groups excluding carboxylic acids is 1. The van der Waals surface area contributed by atoms with Gasteiger partial charge < -0.3 is 10.6 Å². The number of hydrogen-bond acceptors (Lipinski definition) is 2. The van der Waals surface area contributed by atoms with Crippen LogP contribution in [-0.2, 0) is 4.79 Å². The van der Waals surface area contributed by atoms with Crippen LogP contribution in [0.4, 0.5) is 5.69 Å². The summed E-state index contributed by atoms with van der Waals surface area (Å²) in [6, 6.07) is 7.60. The molecule has 0 saturated carbocycles. The molecule has 1 rings (SSSR count). The maximum absolute atomic E-state index is 11.6. The number of halogens is 3. The summed E-state index contributed by atoms with van der Waals surface area (Å²) in [6.45, 7) is 3.90. The van der Waals surface area contributed by atoms with E-state index in [1.54, 1.807) is 0 Å². The van der Waals surface area contributed by atoms with E-state index in [1.807, 2.05) is 38.1 Å². The fourth-order valence-corrected chi connectivity index (χ4v) is 1.80. The molecule has 0 fully saturated rings. The minimum Gasteiger partial charge on any atom is -0.362 e. The molecule has 0 bridgehead atoms. The molecule has 2 N–H and O–H groups in total. The van der Waals surface area contributed by atoms with Gasteiger partial charge in [-0.15, -0.1) is 0 Å². The van der Waals surface area contributed by atoms with Crippen LogP contribution in [-0.4, -0.2) is 15.9 Å². The van der Waals surface area contributed by atoms with E-state index in [0.29, 0.717) is 6.42 Å². The van der Waals surface area contributed by atoms with Gasteiger partial charge in [-0.3, -0.25) is 4.79 Å². The van der Waals surface area contributed by atoms with Crippen molar-refractivity contribution in [3.8, 4) is 0 Å². The van der Waals surface area contributed by atoms with Gasteiger partial charge >= 0.3 is 0 Å². The topological polar surface area (TPSA) is 41.1 Å². The molecule has 0 radical (unpaired) electrons. The summed E-state index contributed by atoms with van der Waals surface area (Å²) < 4.78 is -1.63. The molecule has 0 unspecified atom stereocenters. The van der Waals surface area contributed by atoms with Crippen molar-refractivity contribution in [2.45, 2.75) is 36.6 Å². The second-order valence-corrected chi connectivity index (χ2v) is 6.67. The zero-order valence-corrected chi connectivity index (χ0v) is 13.1. The lowest BCUT2D eigenvalue weighted by atomic mass is 10.2. The zero-order valence-electron chi connectivity index (χ0n) is 10.8. The fourth-order valence-electron chi connectivity index (χ4n) is 1.48. The monoisotopic (exact) mass is 322 g/mol. The molecule has 19 heavy (non-hydrogen) atoms. The SMILES string of the molecule is CCCC(=O)N[C@@H](Nc1ccc(C)cc1)C(Cl)(Cl)Cl. The van der Waals surface area contributed by atoms with Crippen molar-refractivity contribution in [1.82, 2.24) is 5.32 Å². The standard InChI is InChI=1S/C13H17Cl3N2O/c1-3-4-11(19)18-12(13(14,15)16)17-10-7-5-9(2)6-8-10/h5-8,12,17H,3-4H2,1-2H3,(H,18,19)/t12-/m1/s1. The summed E-state index contributed by atoms with van der Waals surface area (Å²) >= 11 is 17.6. The molecule has 0 heterocycles. The summed E-state index contributed by atoms with van der Waals surface area (Å²) in [5.41, 5.74) is 1.91. The molecule has 0 aliphatic carbocycles. The number of alkyl halides is 3. The van der Waals surface area contributed by atoms with E-state index in [1.165, 1.54) is 0 Å². The second kappa shape index (κ2) is 7.22. The van der Waals surface area contributed by atoms with Crippen LogP contribution in [0.2, 0.25) is 0 Å². The summed E-state index contributed by atoms with van der Waals surface area (Å²) in [6.07, 6.45) is 0.356. The maximum Gasteiger partial charge on any atom is 0.228 e. The minimum atomic E-state index is -1.63. The minimum absolute atomic E-state index is 0.154. The highest BCUT2D eigenvalue weighted by Crippen LogP contribution is 2.31. The average Bonchev–Trinajstić information content (AvgIpc) is 2.30. The summed E-state index contributed by atoms with van der Waals surface area (Å²) in [5, 5.41) is 5.68. The average molecular weight is 324 g/mol. The highest BCUT2D eigenvalue weighted by atomic mass is 35.6. The quantitative estimate of drug-likeness (QED) is 0.635. The third-order valence-electron chi connectivity index (χ3n) is 2.47. The van der Waals surface area contributed by atoms with Crippen LogP contribution < -0.4 is 10.6 Å². The highest BCUT2D eigenvalue weighted by Gasteiger charge is 2.33. The van der Waals surface area contributed by atoms with Crippen LogP contribution in [0.25, 0.3) is 0 Å². The molecule has 1 aromatic carbocycles. The fraction of sp³-hybridized carbons (Fsp3) is 0.462. The predicted octanol–water partition coefficient (Wildman–Crippen LogP) is 4.02. The molecule has 0 aromatic heterocycles. The van der Waals surface area contributed by atoms with Crippen molar-refractivity contribution in [2.75, 3.05) is 5.32 Å². The molecule has 0 spiro atoms. The van der Waals surface area contributed by atoms with E-state index in [9.17, 15) is 4.79 Å². The smallest absolute Gasteiger partial charge is 0.228 e. The van der Waals surface area contributed by atoms with Crippen molar-refractivity contribution >= 4 is 46.4 Å². The first-order chi connectivity index (χ1) is 8.82. The number of hydrogen-bond donors (Lipinski definition) is 2. The van der Waals surface area contributed by atoms with E-state index in [-0.39, 0.29) is 5.91 Å². The van der Waals surface area contributed by atoms with Gasteiger partial charge in [-0.05, 0) is 25.5 Å². The first-order valence-corrected chi connectivity index (χ1v) is 7.15. The van der Waals surface area contributed by atoms with Gasteiger partial charge in [0.2, 0.25) is 9.70 Å². The lowest BCUT2D eigenvalue weighted by Crippen LogP contribution is -2.49. The van der Waals surface area contributed by atoms with Gasteiger partial charge in [-0.2, -0.15) is 0 Å². The Kier molecular flexibility index (Phi) is 6.24. The molecular weight excluding hydrogens is 307 g/mol. The van der Waals surface area contributed by atoms with Gasteiger partial charge in [-0.25, -0.2) is 0 Å². The second-order valence-electron chi connectivity index (χ2n) is 4.30. The van der Waals surface area contributed by atoms with E-state index in [4.69, 9.17) is 34.8 Å². The Bertz CT molecular complexity index is 415. The van der Waals surface area contributed by atoms with E-state index < -0.39 is 9.96 Å². The van der Waals surface area contributed by atoms with Crippen LogP contribution in [0.5, 0.6) is 0 Å². The summed E-state index contributed by atoms with van der Waals surface area (Å²) in [5.74, 6) is -0.154. The Morgan fingerprint density at radius 3 is 2.32 bits per heavy atom. The molecule has 6 heteroatoms. The normalized spacial score (nSPS) is 12.9. The molecule has 106 valence electrons. The largest absolute Gasteiger partial charge is 0.362 e. The van der Waals surface area contributed by atoms with Gasteiger partial charge in [-0.1, -0.05) is 59.4 Å². The lowest BCUT2D eigenvalue weighted by Gasteiger charge is -2.27. The molecule has 0 aliphatic rings. The predicted molar refractivity (Wildman–Crippen MR) is 81.9 cm³/mol. The van der Waals surface area contributed by atoms with E-state index in [2.05, 4.69) is 10.6 Å². The van der Waals surface area contributed by atoms with Gasteiger partial charge in [0.1, 0.15) is 6.17 Å². The number of carbonyl (C=O) groups is 1. The van der Waals surface area contributed by atoms with Crippen LogP contribution in [0, 0.1) is 6.92 Å². The lowest BCUT2D eigenvalue weighted by molar-refractivity contribution is -0.121. The molecular formula is C13H17Cl3N2O. The van der Waals surface area contributed by atoms with Crippen molar-refractivity contribution in [3.63, 3.8) is 0 Å². The Hall–Kier alpha value is -0.640. The number of rotatable bonds is 5. The zero-order chi connectivity index (χ0) is 14.5. The molecule has 0 aliphatic heterocycles. The van der Waals surface area contributed by atoms with Gasteiger partial charge in [0.05, 0.1) is 0 Å². The van der Waals surface area contributed by atoms with Crippen molar-refractivity contribution in [3.05, 3.63) is 29.8 Å². The number of benzene rings is 1. The number of aryl methyl sites for hydroxylation is 1. The highest BCUT2D eigenvalue weighted by molar-refractivity contribution is 6.68. The first kappa shape index (κ1) is 16.4. The van der Waals surface area contributed by atoms with Crippen molar-refractivity contribution in [2.24, 2.45) is 0 Å². The number of nitrogens with one attached hydrogen (secondary N) is 2. The third-order valence-corrected chi connectivity index (χ3v) is 3.13.